The first-order chi connectivity index (χ1) is 5.70. The molecule has 2 N–H and O–H groups in total. The Hall–Kier alpha value is -0.0951. The molecule has 1 aliphatic rings. The summed E-state index contributed by atoms with van der Waals surface area (Å²) in [5.41, 5.74) is 0. The van der Waals surface area contributed by atoms with Gasteiger partial charge >= 0.3 is 0 Å². The van der Waals surface area contributed by atoms with E-state index in [1.54, 1.807) is 7.85 Å². The van der Waals surface area contributed by atoms with Crippen LogP contribution in [0.25, 0.3) is 0 Å². The van der Waals surface area contributed by atoms with Crippen LogP contribution in [-0.2, 0) is 9.47 Å². The molecular formula is C7H15BO4. The summed E-state index contributed by atoms with van der Waals surface area (Å²) in [7, 11) is 1.77. The molecule has 1 fully saturated rings. The lowest BCUT2D eigenvalue weighted by atomic mass is 9.93. The summed E-state index contributed by atoms with van der Waals surface area (Å²) in [5.74, 6) is 0. The second-order valence-electron chi connectivity index (χ2n) is 2.97. The Morgan fingerprint density at radius 3 is 2.75 bits per heavy atom. The van der Waals surface area contributed by atoms with Gasteiger partial charge in [-0.1, -0.05) is 0 Å². The van der Waals surface area contributed by atoms with E-state index in [9.17, 15) is 5.11 Å². The largest absolute Gasteiger partial charge is 0.394 e. The molecule has 1 rings (SSSR count). The molecule has 0 radical (unpaired) electrons. The molecular weight excluding hydrogens is 159 g/mol. The first-order valence-corrected chi connectivity index (χ1v) is 4.26. The second kappa shape index (κ2) is 4.23. The molecule has 4 atom stereocenters. The van der Waals surface area contributed by atoms with Crippen molar-refractivity contribution in [1.82, 2.24) is 0 Å². The maximum atomic E-state index is 9.53. The van der Waals surface area contributed by atoms with Crippen LogP contribution in [0.1, 0.15) is 6.92 Å². The summed E-state index contributed by atoms with van der Waals surface area (Å²) in [6.07, 6.45) is -1.38. The zero-order chi connectivity index (χ0) is 9.14. The van der Waals surface area contributed by atoms with E-state index in [0.717, 1.165) is 0 Å². The summed E-state index contributed by atoms with van der Waals surface area (Å²) in [5, 5.41) is 18.4. The van der Waals surface area contributed by atoms with Gasteiger partial charge < -0.3 is 19.7 Å². The topological polar surface area (TPSA) is 58.9 Å². The minimum absolute atomic E-state index is 0.105. The van der Waals surface area contributed by atoms with Gasteiger partial charge in [0.05, 0.1) is 12.6 Å². The van der Waals surface area contributed by atoms with E-state index in [4.69, 9.17) is 14.6 Å². The molecule has 1 aliphatic heterocycles. The van der Waals surface area contributed by atoms with Crippen LogP contribution in [0.4, 0.5) is 0 Å². The van der Waals surface area contributed by atoms with E-state index in [1.165, 1.54) is 0 Å². The Morgan fingerprint density at radius 1 is 1.58 bits per heavy atom. The lowest BCUT2D eigenvalue weighted by molar-refractivity contribution is -0.0489. The van der Waals surface area contributed by atoms with E-state index in [-0.39, 0.29) is 24.8 Å². The van der Waals surface area contributed by atoms with Gasteiger partial charge in [-0.3, -0.25) is 0 Å². The SMILES string of the molecule is B[C@@H]1O[C@H](CO)C(OCC)C1O. The van der Waals surface area contributed by atoms with Gasteiger partial charge in [0.25, 0.3) is 0 Å². The Labute approximate surface area is 72.9 Å². The number of hydrogen-bond acceptors (Lipinski definition) is 4. The summed E-state index contributed by atoms with van der Waals surface area (Å²) in [4.78, 5) is 0. The highest BCUT2D eigenvalue weighted by molar-refractivity contribution is 6.11. The molecule has 70 valence electrons. The standard InChI is InChI=1S/C7H15BO4/c1-2-11-6-4(3-9)12-7(8)5(6)10/h4-7,9-10H,2-3,8H2,1H3/t4-,5?,6?,7-/m1/s1. The van der Waals surface area contributed by atoms with Crippen LogP contribution in [0.3, 0.4) is 0 Å². The van der Waals surface area contributed by atoms with E-state index in [0.29, 0.717) is 6.61 Å². The molecule has 0 aliphatic carbocycles. The highest BCUT2D eigenvalue weighted by atomic mass is 16.6. The molecule has 4 nitrogen and oxygen atoms in total. The molecule has 1 heterocycles. The smallest absolute Gasteiger partial charge is 0.142 e. The number of aliphatic hydroxyl groups is 2. The van der Waals surface area contributed by atoms with Crippen molar-refractivity contribution >= 4 is 7.85 Å². The molecule has 0 amide bonds. The number of aliphatic hydroxyl groups excluding tert-OH is 2. The van der Waals surface area contributed by atoms with Crippen molar-refractivity contribution in [3.8, 4) is 0 Å². The molecule has 0 bridgehead atoms. The van der Waals surface area contributed by atoms with Crippen LogP contribution in [0.2, 0.25) is 0 Å². The highest BCUT2D eigenvalue weighted by Gasteiger charge is 2.41. The monoisotopic (exact) mass is 174 g/mol. The predicted molar refractivity (Wildman–Crippen MR) is 45.7 cm³/mol. The fourth-order valence-corrected chi connectivity index (χ4v) is 1.47. The van der Waals surface area contributed by atoms with Crippen LogP contribution >= 0.6 is 0 Å². The van der Waals surface area contributed by atoms with Gasteiger partial charge in [-0.15, -0.1) is 0 Å². The highest BCUT2D eigenvalue weighted by Crippen LogP contribution is 2.21. The van der Waals surface area contributed by atoms with Crippen LogP contribution in [0.15, 0.2) is 0 Å². The van der Waals surface area contributed by atoms with Crippen LogP contribution in [-0.4, -0.2) is 55.6 Å². The minimum atomic E-state index is -0.623. The van der Waals surface area contributed by atoms with E-state index in [2.05, 4.69) is 0 Å². The molecule has 5 heteroatoms. The predicted octanol–water partition coefficient (Wildman–Crippen LogP) is -1.90. The zero-order valence-electron chi connectivity index (χ0n) is 7.43. The molecule has 0 aromatic rings. The van der Waals surface area contributed by atoms with Gasteiger partial charge in [-0.25, -0.2) is 0 Å². The average molecular weight is 174 g/mol. The lowest BCUT2D eigenvalue weighted by Gasteiger charge is -2.18. The molecule has 0 spiro atoms. The van der Waals surface area contributed by atoms with Gasteiger partial charge in [0.1, 0.15) is 26.2 Å². The van der Waals surface area contributed by atoms with Crippen molar-refractivity contribution in [3.63, 3.8) is 0 Å². The molecule has 2 unspecified atom stereocenters. The zero-order valence-corrected chi connectivity index (χ0v) is 7.43. The lowest BCUT2D eigenvalue weighted by Crippen LogP contribution is -2.36. The van der Waals surface area contributed by atoms with Crippen molar-refractivity contribution in [2.45, 2.75) is 31.2 Å². The molecule has 1 saturated heterocycles. The second-order valence-corrected chi connectivity index (χ2v) is 2.97. The van der Waals surface area contributed by atoms with E-state index >= 15 is 0 Å². The van der Waals surface area contributed by atoms with Gasteiger partial charge in [-0.2, -0.15) is 0 Å². The van der Waals surface area contributed by atoms with Crippen LogP contribution in [0.5, 0.6) is 0 Å². The van der Waals surface area contributed by atoms with Crippen LogP contribution < -0.4 is 0 Å². The van der Waals surface area contributed by atoms with Crippen LogP contribution in [0, 0.1) is 0 Å². The Kier molecular flexibility index (Phi) is 3.52. The van der Waals surface area contributed by atoms with Crippen molar-refractivity contribution in [1.29, 1.82) is 0 Å². The first kappa shape index (κ1) is 9.99. The average Bonchev–Trinajstić information content (AvgIpc) is 2.33. The van der Waals surface area contributed by atoms with Crippen molar-refractivity contribution in [2.75, 3.05) is 13.2 Å². The third-order valence-electron chi connectivity index (χ3n) is 2.11. The number of hydrogen-bond donors (Lipinski definition) is 2. The van der Waals surface area contributed by atoms with Crippen molar-refractivity contribution in [3.05, 3.63) is 0 Å². The molecule has 12 heavy (non-hydrogen) atoms. The maximum Gasteiger partial charge on any atom is 0.142 e. The molecule has 0 aromatic carbocycles. The summed E-state index contributed by atoms with van der Waals surface area (Å²) >= 11 is 0. The normalized spacial score (nSPS) is 41.9. The number of ether oxygens (including phenoxy) is 2. The summed E-state index contributed by atoms with van der Waals surface area (Å²) in [6.45, 7) is 2.27. The fraction of sp³-hybridized carbons (Fsp3) is 1.00. The van der Waals surface area contributed by atoms with E-state index < -0.39 is 6.10 Å². The van der Waals surface area contributed by atoms with E-state index in [1.807, 2.05) is 6.92 Å². The third-order valence-corrected chi connectivity index (χ3v) is 2.11. The van der Waals surface area contributed by atoms with Gasteiger partial charge in [0.2, 0.25) is 0 Å². The summed E-state index contributed by atoms with van der Waals surface area (Å²) in [6, 6.07) is -0.251. The van der Waals surface area contributed by atoms with Gasteiger partial charge in [0, 0.05) is 6.61 Å². The Morgan fingerprint density at radius 2 is 2.25 bits per heavy atom. The Balaban J connectivity index is 2.53. The molecule has 0 aromatic heterocycles. The number of rotatable bonds is 3. The minimum Gasteiger partial charge on any atom is -0.394 e. The quantitative estimate of drug-likeness (QED) is 0.491. The van der Waals surface area contributed by atoms with Gasteiger partial charge in [0.15, 0.2) is 0 Å². The van der Waals surface area contributed by atoms with Crippen molar-refractivity contribution in [2.24, 2.45) is 0 Å². The fourth-order valence-electron chi connectivity index (χ4n) is 1.47. The third kappa shape index (κ3) is 1.80. The van der Waals surface area contributed by atoms with Crippen molar-refractivity contribution < 1.29 is 19.7 Å². The summed E-state index contributed by atoms with van der Waals surface area (Å²) < 4.78 is 10.5. The Bertz CT molecular complexity index is 143. The van der Waals surface area contributed by atoms with Gasteiger partial charge in [-0.05, 0) is 6.92 Å². The maximum absolute atomic E-state index is 9.53. The molecule has 0 saturated carbocycles. The first-order valence-electron chi connectivity index (χ1n) is 4.26.